The number of aliphatic imine (C=N–C) groups is 1. The maximum Gasteiger partial charge on any atom is 0.317 e. The van der Waals surface area contributed by atoms with Crippen molar-refractivity contribution in [2.45, 2.75) is 59.0 Å². The first kappa shape index (κ1) is 17.7. The van der Waals surface area contributed by atoms with E-state index < -0.39 is 0 Å². The van der Waals surface area contributed by atoms with E-state index in [1.54, 1.807) is 6.08 Å². The maximum absolute atomic E-state index is 12.6. The number of carbonyl (C=O) groups excluding carboxylic acids is 2. The summed E-state index contributed by atoms with van der Waals surface area (Å²) in [5.41, 5.74) is 2.48. The monoisotopic (exact) mass is 344 g/mol. The maximum atomic E-state index is 12.6. The molecule has 2 heterocycles. The molecular weight excluding hydrogens is 316 g/mol. The van der Waals surface area contributed by atoms with Gasteiger partial charge in [-0.3, -0.25) is 0 Å². The molecule has 0 radical (unpaired) electrons. The minimum atomic E-state index is -0.0581. The number of amides is 2. The molecule has 0 spiro atoms. The molecular formula is C19H28N4O2. The Morgan fingerprint density at radius 1 is 1.44 bits per heavy atom. The Kier molecular flexibility index (Phi) is 4.74. The number of hydrogen-bond acceptors (Lipinski definition) is 3. The van der Waals surface area contributed by atoms with Crippen molar-refractivity contribution in [3.05, 3.63) is 23.5 Å². The highest BCUT2D eigenvalue weighted by Crippen LogP contribution is 2.46. The molecule has 2 amide bonds. The standard InChI is InChI=1S/C19H28N4O2/c1-18(2)8-15(22-13-24)9-19(3,11-18)12-21-17(25)23-7-5-16-14(10-23)4-6-20-16/h4,6,15,20H,5,7-12H2,1-3H3,(H,21,25). The van der Waals surface area contributed by atoms with Crippen LogP contribution in [0.15, 0.2) is 17.3 Å². The van der Waals surface area contributed by atoms with Crippen LogP contribution >= 0.6 is 0 Å². The molecule has 1 aliphatic carbocycles. The highest BCUT2D eigenvalue weighted by atomic mass is 16.2. The van der Waals surface area contributed by atoms with Gasteiger partial charge in [-0.1, -0.05) is 20.8 Å². The zero-order chi connectivity index (χ0) is 18.1. The van der Waals surface area contributed by atoms with Gasteiger partial charge in [0, 0.05) is 37.9 Å². The van der Waals surface area contributed by atoms with Gasteiger partial charge in [-0.2, -0.15) is 0 Å². The van der Waals surface area contributed by atoms with Gasteiger partial charge >= 0.3 is 6.03 Å². The van der Waals surface area contributed by atoms with Gasteiger partial charge in [0.25, 0.3) is 0 Å². The van der Waals surface area contributed by atoms with Crippen LogP contribution < -0.4 is 5.32 Å². The van der Waals surface area contributed by atoms with E-state index in [9.17, 15) is 9.59 Å². The van der Waals surface area contributed by atoms with Crippen molar-refractivity contribution < 1.29 is 9.59 Å². The summed E-state index contributed by atoms with van der Waals surface area (Å²) in [6.45, 7) is 8.60. The Hall–Kier alpha value is -2.07. The third-order valence-electron chi connectivity index (χ3n) is 5.53. The predicted octanol–water partition coefficient (Wildman–Crippen LogP) is 3.00. The fourth-order valence-electron chi connectivity index (χ4n) is 4.80. The lowest BCUT2D eigenvalue weighted by Gasteiger charge is -2.45. The second kappa shape index (κ2) is 6.68. The second-order valence-electron chi connectivity index (χ2n) is 8.75. The lowest BCUT2D eigenvalue weighted by Crippen LogP contribution is -2.49. The summed E-state index contributed by atoms with van der Waals surface area (Å²) < 4.78 is 0. The number of carbonyl (C=O) groups is 1. The average Bonchev–Trinajstić information content (AvgIpc) is 2.98. The summed E-state index contributed by atoms with van der Waals surface area (Å²) in [4.78, 5) is 32.4. The quantitative estimate of drug-likeness (QED) is 0.653. The Balaban J connectivity index is 1.60. The number of aromatic nitrogens is 1. The fraction of sp³-hybridized carbons (Fsp3) is 0.684. The van der Waals surface area contributed by atoms with E-state index in [0.29, 0.717) is 13.1 Å². The molecule has 6 heteroatoms. The molecule has 1 aliphatic heterocycles. The molecule has 6 nitrogen and oxygen atoms in total. The van der Waals surface area contributed by atoms with Gasteiger partial charge in [0.2, 0.25) is 6.08 Å². The second-order valence-corrected chi connectivity index (χ2v) is 8.75. The molecule has 25 heavy (non-hydrogen) atoms. The van der Waals surface area contributed by atoms with Gasteiger partial charge < -0.3 is 15.2 Å². The van der Waals surface area contributed by atoms with E-state index in [-0.39, 0.29) is 22.9 Å². The molecule has 0 aromatic carbocycles. The van der Waals surface area contributed by atoms with Crippen LogP contribution in [0.5, 0.6) is 0 Å². The van der Waals surface area contributed by atoms with E-state index in [1.165, 1.54) is 11.3 Å². The van der Waals surface area contributed by atoms with Gasteiger partial charge in [-0.05, 0) is 41.7 Å². The number of isocyanates is 1. The molecule has 2 unspecified atom stereocenters. The molecule has 1 fully saturated rings. The molecule has 0 bridgehead atoms. The van der Waals surface area contributed by atoms with Crippen molar-refractivity contribution >= 4 is 12.1 Å². The average molecular weight is 344 g/mol. The van der Waals surface area contributed by atoms with Crippen LogP contribution in [-0.4, -0.2) is 41.1 Å². The molecule has 1 aromatic heterocycles. The molecule has 0 saturated heterocycles. The van der Waals surface area contributed by atoms with Gasteiger partial charge in [0.1, 0.15) is 0 Å². The van der Waals surface area contributed by atoms with Crippen molar-refractivity contribution in [3.63, 3.8) is 0 Å². The molecule has 2 atom stereocenters. The summed E-state index contributed by atoms with van der Waals surface area (Å²) in [6.07, 6.45) is 7.24. The Bertz CT molecular complexity index is 689. The van der Waals surface area contributed by atoms with Crippen LogP contribution in [0.1, 0.15) is 51.3 Å². The van der Waals surface area contributed by atoms with Crippen molar-refractivity contribution in [2.75, 3.05) is 13.1 Å². The molecule has 2 N–H and O–H groups in total. The zero-order valence-electron chi connectivity index (χ0n) is 15.4. The lowest BCUT2D eigenvalue weighted by atomic mass is 9.63. The van der Waals surface area contributed by atoms with Crippen molar-refractivity contribution in [1.29, 1.82) is 0 Å². The summed E-state index contributed by atoms with van der Waals surface area (Å²) in [5, 5.41) is 3.12. The van der Waals surface area contributed by atoms with Gasteiger partial charge in [-0.15, -0.1) is 0 Å². The Morgan fingerprint density at radius 2 is 2.24 bits per heavy atom. The minimum absolute atomic E-state index is 0.000512. The molecule has 2 aliphatic rings. The summed E-state index contributed by atoms with van der Waals surface area (Å²) >= 11 is 0. The largest absolute Gasteiger partial charge is 0.365 e. The van der Waals surface area contributed by atoms with Gasteiger partial charge in [0.15, 0.2) is 0 Å². The summed E-state index contributed by atoms with van der Waals surface area (Å²) in [6, 6.07) is 2.04. The highest BCUT2D eigenvalue weighted by Gasteiger charge is 2.41. The number of urea groups is 1. The number of rotatable bonds is 3. The molecule has 1 saturated carbocycles. The third kappa shape index (κ3) is 4.13. The number of fused-ring (bicyclic) bond motifs is 1. The Labute approximate surface area is 149 Å². The van der Waals surface area contributed by atoms with E-state index >= 15 is 0 Å². The fourth-order valence-corrected chi connectivity index (χ4v) is 4.80. The number of hydrogen-bond donors (Lipinski definition) is 2. The van der Waals surface area contributed by atoms with Crippen molar-refractivity contribution in [3.8, 4) is 0 Å². The van der Waals surface area contributed by atoms with Crippen LogP contribution in [-0.2, 0) is 17.8 Å². The molecule has 1 aromatic rings. The van der Waals surface area contributed by atoms with Crippen LogP contribution in [0.3, 0.4) is 0 Å². The van der Waals surface area contributed by atoms with Crippen LogP contribution in [0.2, 0.25) is 0 Å². The first-order chi connectivity index (χ1) is 11.8. The van der Waals surface area contributed by atoms with Gasteiger partial charge in [0.05, 0.1) is 6.04 Å². The topological polar surface area (TPSA) is 77.6 Å². The summed E-state index contributed by atoms with van der Waals surface area (Å²) in [5.74, 6) is 0. The number of nitrogens with one attached hydrogen (secondary N) is 2. The highest BCUT2D eigenvalue weighted by molar-refractivity contribution is 5.74. The van der Waals surface area contributed by atoms with Crippen LogP contribution in [0.25, 0.3) is 0 Å². The lowest BCUT2D eigenvalue weighted by molar-refractivity contribution is 0.0828. The number of aromatic amines is 1. The molecule has 3 rings (SSSR count). The molecule has 136 valence electrons. The van der Waals surface area contributed by atoms with Crippen molar-refractivity contribution in [1.82, 2.24) is 15.2 Å². The number of H-pyrrole nitrogens is 1. The smallest absolute Gasteiger partial charge is 0.317 e. The first-order valence-corrected chi connectivity index (χ1v) is 9.05. The number of nitrogens with zero attached hydrogens (tertiary/aromatic N) is 2. The van der Waals surface area contributed by atoms with Crippen molar-refractivity contribution in [2.24, 2.45) is 15.8 Å². The van der Waals surface area contributed by atoms with E-state index in [4.69, 9.17) is 0 Å². The van der Waals surface area contributed by atoms with E-state index in [0.717, 1.165) is 32.2 Å². The zero-order valence-corrected chi connectivity index (χ0v) is 15.4. The minimum Gasteiger partial charge on any atom is -0.365 e. The summed E-state index contributed by atoms with van der Waals surface area (Å²) in [7, 11) is 0. The van der Waals surface area contributed by atoms with Crippen LogP contribution in [0.4, 0.5) is 4.79 Å². The van der Waals surface area contributed by atoms with E-state index in [1.807, 2.05) is 17.2 Å². The Morgan fingerprint density at radius 3 is 3.00 bits per heavy atom. The SMILES string of the molecule is CC1(C)CC(N=C=O)CC(C)(CNC(=O)N2CCc3[nH]ccc3C2)C1. The van der Waals surface area contributed by atoms with Crippen LogP contribution in [0, 0.1) is 10.8 Å². The third-order valence-corrected chi connectivity index (χ3v) is 5.53. The van der Waals surface area contributed by atoms with E-state index in [2.05, 4.69) is 36.1 Å². The predicted molar refractivity (Wildman–Crippen MR) is 96.0 cm³/mol. The normalized spacial score (nSPS) is 28.0. The van der Waals surface area contributed by atoms with Gasteiger partial charge in [-0.25, -0.2) is 14.6 Å². The first-order valence-electron chi connectivity index (χ1n) is 9.05.